The summed E-state index contributed by atoms with van der Waals surface area (Å²) in [5, 5.41) is 0. The molecule has 1 spiro atoms. The smallest absolute Gasteiger partial charge is 0.240 e. The minimum Gasteiger partial charge on any atom is -0.299 e. The second-order valence-corrected chi connectivity index (χ2v) is 9.09. The zero-order valence-corrected chi connectivity index (χ0v) is 15.2. The number of ketones is 1. The normalized spacial score (nSPS) is 28.7. The van der Waals surface area contributed by atoms with Crippen LogP contribution in [0.25, 0.3) is 0 Å². The lowest BCUT2D eigenvalue weighted by Gasteiger charge is -2.36. The number of aryl methyl sites for hydroxylation is 1. The van der Waals surface area contributed by atoms with Gasteiger partial charge < -0.3 is 0 Å². The molecule has 2 atom stereocenters. The Morgan fingerprint density at radius 3 is 2.42 bits per heavy atom. The van der Waals surface area contributed by atoms with E-state index >= 15 is 0 Å². The third-order valence-electron chi connectivity index (χ3n) is 5.74. The van der Waals surface area contributed by atoms with E-state index in [1.54, 1.807) is 24.3 Å². The van der Waals surface area contributed by atoms with Gasteiger partial charge >= 0.3 is 0 Å². The van der Waals surface area contributed by atoms with Crippen molar-refractivity contribution in [1.29, 1.82) is 0 Å². The number of sulfonamides is 1. The summed E-state index contributed by atoms with van der Waals surface area (Å²) >= 11 is 0. The molecule has 2 aliphatic carbocycles. The topological polar surface area (TPSA) is 63.2 Å². The Balaban J connectivity index is 1.84. The number of benzene rings is 1. The number of Topliss-reactive ketones (excluding diaryl/α,β-unsaturated/α-hetero) is 1. The molecule has 1 aromatic rings. The van der Waals surface area contributed by atoms with Crippen molar-refractivity contribution in [1.82, 2.24) is 4.72 Å². The lowest BCUT2D eigenvalue weighted by atomic mass is 9.71. The number of hydrogen-bond acceptors (Lipinski definition) is 3. The van der Waals surface area contributed by atoms with E-state index in [1.165, 1.54) is 0 Å². The molecule has 0 aromatic heterocycles. The summed E-state index contributed by atoms with van der Waals surface area (Å²) in [5.74, 6) is 0.274. The third-order valence-corrected chi connectivity index (χ3v) is 7.23. The average molecular weight is 349 g/mol. The Labute approximate surface area is 145 Å². The van der Waals surface area contributed by atoms with E-state index in [1.807, 2.05) is 6.92 Å². The van der Waals surface area contributed by atoms with Crippen molar-refractivity contribution in [3.05, 3.63) is 29.8 Å². The molecule has 0 aliphatic heterocycles. The lowest BCUT2D eigenvalue weighted by molar-refractivity contribution is -0.130. The molecule has 1 N–H and O–H groups in total. The maximum absolute atomic E-state index is 12.8. The van der Waals surface area contributed by atoms with E-state index in [4.69, 9.17) is 0 Å². The van der Waals surface area contributed by atoms with Crippen LogP contribution in [0.5, 0.6) is 0 Å². The fraction of sp³-hybridized carbons (Fsp3) is 0.632. The highest BCUT2D eigenvalue weighted by molar-refractivity contribution is 7.89. The Morgan fingerprint density at radius 1 is 1.00 bits per heavy atom. The zero-order chi connectivity index (χ0) is 17.2. The minimum absolute atomic E-state index is 0.255. The van der Waals surface area contributed by atoms with Crippen LogP contribution in [0.2, 0.25) is 0 Å². The second-order valence-electron chi connectivity index (χ2n) is 7.37. The summed E-state index contributed by atoms with van der Waals surface area (Å²) in [6.07, 6.45) is 8.16. The Bertz CT molecular complexity index is 696. The van der Waals surface area contributed by atoms with E-state index in [0.717, 1.165) is 56.9 Å². The summed E-state index contributed by atoms with van der Waals surface area (Å²) < 4.78 is 28.4. The van der Waals surface area contributed by atoms with Gasteiger partial charge in [0.25, 0.3) is 0 Å². The number of carbonyl (C=O) groups excluding carboxylic acids is 1. The molecule has 0 amide bonds. The van der Waals surface area contributed by atoms with Gasteiger partial charge in [-0.05, 0) is 44.7 Å². The molecule has 24 heavy (non-hydrogen) atoms. The van der Waals surface area contributed by atoms with Crippen LogP contribution in [0, 0.1) is 12.3 Å². The molecule has 4 nitrogen and oxygen atoms in total. The number of rotatable bonds is 3. The molecule has 132 valence electrons. The van der Waals surface area contributed by atoms with Gasteiger partial charge in [-0.25, -0.2) is 13.1 Å². The first-order chi connectivity index (χ1) is 11.4. The van der Waals surface area contributed by atoms with Crippen molar-refractivity contribution in [3.8, 4) is 0 Å². The molecule has 2 fully saturated rings. The molecule has 3 rings (SSSR count). The fourth-order valence-electron chi connectivity index (χ4n) is 4.32. The van der Waals surface area contributed by atoms with Crippen molar-refractivity contribution in [2.45, 2.75) is 75.6 Å². The highest BCUT2D eigenvalue weighted by Crippen LogP contribution is 2.46. The summed E-state index contributed by atoms with van der Waals surface area (Å²) in [5.41, 5.74) is 0.555. The number of nitrogens with one attached hydrogen (secondary N) is 1. The molecule has 0 heterocycles. The summed E-state index contributed by atoms with van der Waals surface area (Å²) in [4.78, 5) is 13.1. The zero-order valence-electron chi connectivity index (χ0n) is 14.4. The van der Waals surface area contributed by atoms with E-state index < -0.39 is 15.4 Å². The van der Waals surface area contributed by atoms with E-state index in [2.05, 4.69) is 4.72 Å². The van der Waals surface area contributed by atoms with Gasteiger partial charge in [0, 0.05) is 17.9 Å². The predicted octanol–water partition coefficient (Wildman–Crippen LogP) is 3.74. The van der Waals surface area contributed by atoms with E-state index in [9.17, 15) is 13.2 Å². The first kappa shape index (κ1) is 17.6. The van der Waals surface area contributed by atoms with Gasteiger partial charge in [-0.15, -0.1) is 0 Å². The second kappa shape index (κ2) is 6.96. The van der Waals surface area contributed by atoms with Gasteiger partial charge in [0.05, 0.1) is 4.90 Å². The van der Waals surface area contributed by atoms with Gasteiger partial charge in [-0.1, -0.05) is 43.4 Å². The van der Waals surface area contributed by atoms with Crippen LogP contribution >= 0.6 is 0 Å². The lowest BCUT2D eigenvalue weighted by Crippen LogP contribution is -2.49. The fourth-order valence-corrected chi connectivity index (χ4v) is 5.67. The van der Waals surface area contributed by atoms with Crippen LogP contribution in [-0.2, 0) is 14.8 Å². The summed E-state index contributed by atoms with van der Waals surface area (Å²) in [7, 11) is -3.58. The van der Waals surface area contributed by atoms with Gasteiger partial charge in [0.2, 0.25) is 10.0 Å². The van der Waals surface area contributed by atoms with Crippen LogP contribution in [0.3, 0.4) is 0 Å². The number of carbonyl (C=O) groups is 1. The molecular weight excluding hydrogens is 322 g/mol. The van der Waals surface area contributed by atoms with Crippen LogP contribution in [0.4, 0.5) is 0 Å². The molecule has 2 saturated carbocycles. The predicted molar refractivity (Wildman–Crippen MR) is 94.3 cm³/mol. The van der Waals surface area contributed by atoms with Crippen LogP contribution < -0.4 is 4.72 Å². The first-order valence-electron chi connectivity index (χ1n) is 9.06. The van der Waals surface area contributed by atoms with Crippen molar-refractivity contribution in [3.63, 3.8) is 0 Å². The van der Waals surface area contributed by atoms with E-state index in [-0.39, 0.29) is 16.7 Å². The van der Waals surface area contributed by atoms with Gasteiger partial charge in [-0.3, -0.25) is 4.79 Å². The Hall–Kier alpha value is -1.20. The third kappa shape index (κ3) is 3.42. The van der Waals surface area contributed by atoms with E-state index in [0.29, 0.717) is 6.42 Å². The standard InChI is InChI=1S/C19H27NO3S/c1-15-9-11-16(12-10-15)24(22,23)20-17-7-6-14-19(17)13-5-3-2-4-8-18(19)21/h9-12,17,20H,2-8,13-14H2,1H3/t17-,19+/m0/s1. The summed E-state index contributed by atoms with van der Waals surface area (Å²) in [6.45, 7) is 1.93. The Morgan fingerprint density at radius 2 is 1.67 bits per heavy atom. The maximum Gasteiger partial charge on any atom is 0.240 e. The Kier molecular flexibility index (Phi) is 5.11. The monoisotopic (exact) mass is 349 g/mol. The molecule has 2 aliphatic rings. The van der Waals surface area contributed by atoms with Crippen molar-refractivity contribution in [2.24, 2.45) is 5.41 Å². The summed E-state index contributed by atoms with van der Waals surface area (Å²) in [6, 6.07) is 6.63. The van der Waals surface area contributed by atoms with Crippen LogP contribution in [0.1, 0.15) is 63.4 Å². The average Bonchev–Trinajstić information content (AvgIpc) is 2.93. The first-order valence-corrected chi connectivity index (χ1v) is 10.5. The van der Waals surface area contributed by atoms with Crippen molar-refractivity contribution in [2.75, 3.05) is 0 Å². The molecular formula is C19H27NO3S. The highest BCUT2D eigenvalue weighted by Gasteiger charge is 2.49. The van der Waals surface area contributed by atoms with Crippen molar-refractivity contribution >= 4 is 15.8 Å². The van der Waals surface area contributed by atoms with Crippen LogP contribution in [0.15, 0.2) is 29.2 Å². The molecule has 0 unspecified atom stereocenters. The van der Waals surface area contributed by atoms with Gasteiger partial charge in [0.1, 0.15) is 5.78 Å². The highest BCUT2D eigenvalue weighted by atomic mass is 32.2. The van der Waals surface area contributed by atoms with Crippen LogP contribution in [-0.4, -0.2) is 20.2 Å². The largest absolute Gasteiger partial charge is 0.299 e. The molecule has 0 saturated heterocycles. The minimum atomic E-state index is -3.58. The molecule has 0 radical (unpaired) electrons. The molecule has 5 heteroatoms. The van der Waals surface area contributed by atoms with Gasteiger partial charge in [-0.2, -0.15) is 0 Å². The number of hydrogen-bond donors (Lipinski definition) is 1. The molecule has 0 bridgehead atoms. The maximum atomic E-state index is 12.8. The quantitative estimate of drug-likeness (QED) is 0.904. The van der Waals surface area contributed by atoms with Gasteiger partial charge in [0.15, 0.2) is 0 Å². The molecule has 1 aromatic carbocycles. The SMILES string of the molecule is Cc1ccc(S(=O)(=O)N[C@H]2CCC[C@]23CCCCCCC3=O)cc1. The van der Waals surface area contributed by atoms with Crippen molar-refractivity contribution < 1.29 is 13.2 Å².